The highest BCUT2D eigenvalue weighted by Gasteiger charge is 2.42. The molecule has 0 nitrogen and oxygen atoms in total. The van der Waals surface area contributed by atoms with Crippen molar-refractivity contribution in [2.45, 2.75) is 52.3 Å². The molecule has 0 heterocycles. The Kier molecular flexibility index (Phi) is 3.09. The summed E-state index contributed by atoms with van der Waals surface area (Å²) in [5.41, 5.74) is 0.534. The molecule has 0 saturated heterocycles. The fraction of sp³-hybridized carbons (Fsp3) is 1.00. The van der Waals surface area contributed by atoms with Gasteiger partial charge in [0.25, 0.3) is 0 Å². The Labute approximate surface area is 81.7 Å². The maximum atomic E-state index is 6.18. The van der Waals surface area contributed by atoms with Gasteiger partial charge < -0.3 is 0 Å². The molecule has 0 amide bonds. The summed E-state index contributed by atoms with van der Waals surface area (Å²) in [5, 5.41) is 0.440. The third-order valence-corrected chi connectivity index (χ3v) is 4.20. The maximum absolute atomic E-state index is 6.18. The van der Waals surface area contributed by atoms with Gasteiger partial charge in [0, 0.05) is 5.38 Å². The van der Waals surface area contributed by atoms with Crippen molar-refractivity contribution in [3.8, 4) is 0 Å². The van der Waals surface area contributed by atoms with Crippen LogP contribution >= 0.6 is 11.6 Å². The first-order chi connectivity index (χ1) is 5.49. The summed E-state index contributed by atoms with van der Waals surface area (Å²) in [7, 11) is 0. The second-order valence-electron chi connectivity index (χ2n) is 4.88. The molecule has 1 unspecified atom stereocenters. The van der Waals surface area contributed by atoms with Crippen LogP contribution in [0.5, 0.6) is 0 Å². The monoisotopic (exact) mass is 188 g/mol. The molecule has 12 heavy (non-hydrogen) atoms. The van der Waals surface area contributed by atoms with Gasteiger partial charge in [-0.15, -0.1) is 11.6 Å². The van der Waals surface area contributed by atoms with E-state index in [0.29, 0.717) is 10.8 Å². The summed E-state index contributed by atoms with van der Waals surface area (Å²) >= 11 is 6.18. The smallest absolute Gasteiger partial charge is 0.0341 e. The molecule has 0 aromatic heterocycles. The molecule has 0 aliphatic heterocycles. The zero-order chi connectivity index (χ0) is 9.35. The van der Waals surface area contributed by atoms with E-state index in [4.69, 9.17) is 11.6 Å². The van der Waals surface area contributed by atoms with Crippen LogP contribution in [-0.2, 0) is 0 Å². The highest BCUT2D eigenvalue weighted by Crippen LogP contribution is 2.51. The molecule has 1 heteroatoms. The Hall–Kier alpha value is 0.290. The van der Waals surface area contributed by atoms with Crippen molar-refractivity contribution >= 4 is 11.6 Å². The third kappa shape index (κ3) is 1.64. The molecule has 0 spiro atoms. The Morgan fingerprint density at radius 2 is 1.67 bits per heavy atom. The van der Waals surface area contributed by atoms with Gasteiger partial charge in [-0.25, -0.2) is 0 Å². The fourth-order valence-corrected chi connectivity index (χ4v) is 3.15. The van der Waals surface area contributed by atoms with E-state index in [1.165, 1.54) is 19.3 Å². The molecule has 0 aromatic carbocycles. The zero-order valence-electron chi connectivity index (χ0n) is 8.73. The highest BCUT2D eigenvalue weighted by molar-refractivity contribution is 6.20. The molecule has 0 aromatic rings. The lowest BCUT2D eigenvalue weighted by Crippen LogP contribution is -2.30. The lowest BCUT2D eigenvalue weighted by molar-refractivity contribution is 0.121. The van der Waals surface area contributed by atoms with E-state index in [9.17, 15) is 0 Å². The van der Waals surface area contributed by atoms with E-state index in [0.717, 1.165) is 11.8 Å². The molecule has 1 aliphatic rings. The van der Waals surface area contributed by atoms with Crippen LogP contribution in [0.15, 0.2) is 0 Å². The molecule has 72 valence electrons. The van der Waals surface area contributed by atoms with E-state index in [1.54, 1.807) is 0 Å². The van der Waals surface area contributed by atoms with Crippen LogP contribution in [-0.4, -0.2) is 5.38 Å². The van der Waals surface area contributed by atoms with E-state index in [1.807, 2.05) is 0 Å². The minimum absolute atomic E-state index is 0.440. The van der Waals surface area contributed by atoms with Gasteiger partial charge in [-0.2, -0.15) is 0 Å². The Balaban J connectivity index is 2.75. The molecular formula is C11H21Cl. The lowest BCUT2D eigenvalue weighted by Gasteiger charge is -2.37. The van der Waals surface area contributed by atoms with E-state index < -0.39 is 0 Å². The SMILES string of the molecule is CC(C)C1(C(C)C)CCC(Cl)C1. The van der Waals surface area contributed by atoms with Gasteiger partial charge >= 0.3 is 0 Å². The standard InChI is InChI=1S/C11H21Cl/c1-8(2)11(9(3)4)6-5-10(12)7-11/h8-10H,5-7H2,1-4H3. The van der Waals surface area contributed by atoms with Gasteiger partial charge in [0.1, 0.15) is 0 Å². The number of hydrogen-bond donors (Lipinski definition) is 0. The summed E-state index contributed by atoms with van der Waals surface area (Å²) in [5.74, 6) is 1.56. The normalized spacial score (nSPS) is 28.8. The molecule has 1 saturated carbocycles. The maximum Gasteiger partial charge on any atom is 0.0341 e. The molecule has 1 fully saturated rings. The van der Waals surface area contributed by atoms with Crippen molar-refractivity contribution in [1.29, 1.82) is 0 Å². The third-order valence-electron chi connectivity index (χ3n) is 3.82. The Morgan fingerprint density at radius 3 is 1.83 bits per heavy atom. The number of hydrogen-bond acceptors (Lipinski definition) is 0. The molecular weight excluding hydrogens is 168 g/mol. The average molecular weight is 189 g/mol. The number of halogens is 1. The minimum Gasteiger partial charge on any atom is -0.123 e. The molecule has 0 bridgehead atoms. The van der Waals surface area contributed by atoms with Crippen LogP contribution in [0.2, 0.25) is 0 Å². The number of rotatable bonds is 2. The van der Waals surface area contributed by atoms with Gasteiger partial charge in [-0.1, -0.05) is 27.7 Å². The Bertz CT molecular complexity index is 141. The molecule has 1 atom stereocenters. The van der Waals surface area contributed by atoms with Crippen LogP contribution in [0, 0.1) is 17.3 Å². The van der Waals surface area contributed by atoms with Crippen molar-refractivity contribution < 1.29 is 0 Å². The van der Waals surface area contributed by atoms with Crippen LogP contribution in [0.25, 0.3) is 0 Å². The van der Waals surface area contributed by atoms with Crippen LogP contribution in [0.3, 0.4) is 0 Å². The van der Waals surface area contributed by atoms with Crippen molar-refractivity contribution in [2.75, 3.05) is 0 Å². The number of alkyl halides is 1. The van der Waals surface area contributed by atoms with Crippen molar-refractivity contribution in [3.63, 3.8) is 0 Å². The molecule has 1 aliphatic carbocycles. The first kappa shape index (κ1) is 10.4. The van der Waals surface area contributed by atoms with Gasteiger partial charge in [-0.3, -0.25) is 0 Å². The van der Waals surface area contributed by atoms with Crippen LogP contribution < -0.4 is 0 Å². The predicted octanol–water partition coefficient (Wildman–Crippen LogP) is 4.08. The van der Waals surface area contributed by atoms with Gasteiger partial charge in [0.2, 0.25) is 0 Å². The van der Waals surface area contributed by atoms with E-state index in [-0.39, 0.29) is 0 Å². The zero-order valence-corrected chi connectivity index (χ0v) is 9.49. The second kappa shape index (κ2) is 3.57. The van der Waals surface area contributed by atoms with Gasteiger partial charge in [0.05, 0.1) is 0 Å². The first-order valence-electron chi connectivity index (χ1n) is 5.13. The van der Waals surface area contributed by atoms with Crippen LogP contribution in [0.1, 0.15) is 47.0 Å². The molecule has 0 radical (unpaired) electrons. The van der Waals surface area contributed by atoms with Crippen molar-refractivity contribution in [3.05, 3.63) is 0 Å². The summed E-state index contributed by atoms with van der Waals surface area (Å²) in [6, 6.07) is 0. The topological polar surface area (TPSA) is 0 Å². The van der Waals surface area contributed by atoms with Crippen molar-refractivity contribution in [2.24, 2.45) is 17.3 Å². The highest BCUT2D eigenvalue weighted by atomic mass is 35.5. The first-order valence-corrected chi connectivity index (χ1v) is 5.57. The minimum atomic E-state index is 0.440. The summed E-state index contributed by atoms with van der Waals surface area (Å²) in [4.78, 5) is 0. The average Bonchev–Trinajstić information content (AvgIpc) is 2.32. The summed E-state index contributed by atoms with van der Waals surface area (Å²) in [6.07, 6.45) is 3.78. The van der Waals surface area contributed by atoms with Crippen molar-refractivity contribution in [1.82, 2.24) is 0 Å². The molecule has 0 N–H and O–H groups in total. The van der Waals surface area contributed by atoms with Crippen LogP contribution in [0.4, 0.5) is 0 Å². The summed E-state index contributed by atoms with van der Waals surface area (Å²) < 4.78 is 0. The van der Waals surface area contributed by atoms with Gasteiger partial charge in [-0.05, 0) is 36.5 Å². The Morgan fingerprint density at radius 1 is 1.17 bits per heavy atom. The second-order valence-corrected chi connectivity index (χ2v) is 5.50. The quantitative estimate of drug-likeness (QED) is 0.573. The lowest BCUT2D eigenvalue weighted by atomic mass is 9.68. The van der Waals surface area contributed by atoms with E-state index in [2.05, 4.69) is 27.7 Å². The predicted molar refractivity (Wildman–Crippen MR) is 55.6 cm³/mol. The van der Waals surface area contributed by atoms with E-state index >= 15 is 0 Å². The van der Waals surface area contributed by atoms with Gasteiger partial charge in [0.15, 0.2) is 0 Å². The molecule has 1 rings (SSSR count). The fourth-order valence-electron chi connectivity index (χ4n) is 2.76. The largest absolute Gasteiger partial charge is 0.123 e. The summed E-state index contributed by atoms with van der Waals surface area (Å²) in [6.45, 7) is 9.37.